The number of hydrogen-bond donors (Lipinski definition) is 2. The highest BCUT2D eigenvalue weighted by atomic mass is 32.2. The summed E-state index contributed by atoms with van der Waals surface area (Å²) in [6.07, 6.45) is 0. The molecule has 4 rings (SSSR count). The van der Waals surface area contributed by atoms with Gasteiger partial charge in [-0.15, -0.1) is 0 Å². The molecule has 0 aliphatic carbocycles. The van der Waals surface area contributed by atoms with E-state index < -0.39 is 39.3 Å². The number of benzene rings is 3. The SMILES string of the molecule is Cc1cc(/C(O)=C2\C(=O)C(=O)N(c3ccc(S(N)(=O)=O)cc3)C2c2ccccc2)ccc1F. The van der Waals surface area contributed by atoms with E-state index >= 15 is 0 Å². The van der Waals surface area contributed by atoms with Crippen LogP contribution in [0.2, 0.25) is 0 Å². The number of nitrogens with two attached hydrogens (primary N) is 1. The fraction of sp³-hybridized carbons (Fsp3) is 0.0833. The number of nitrogens with zero attached hydrogens (tertiary/aromatic N) is 1. The molecule has 1 saturated heterocycles. The van der Waals surface area contributed by atoms with Crippen molar-refractivity contribution in [1.29, 1.82) is 0 Å². The van der Waals surface area contributed by atoms with Gasteiger partial charge >= 0.3 is 0 Å². The van der Waals surface area contributed by atoms with Crippen molar-refractivity contribution in [1.82, 2.24) is 0 Å². The molecule has 1 aliphatic heterocycles. The molecule has 1 fully saturated rings. The van der Waals surface area contributed by atoms with Crippen LogP contribution in [0.5, 0.6) is 0 Å². The van der Waals surface area contributed by atoms with E-state index in [1.807, 2.05) is 0 Å². The maximum Gasteiger partial charge on any atom is 0.300 e. The third kappa shape index (κ3) is 4.04. The number of aliphatic hydroxyl groups excluding tert-OH is 1. The number of aliphatic hydroxyl groups is 1. The number of ketones is 1. The summed E-state index contributed by atoms with van der Waals surface area (Å²) in [5.41, 5.74) is 1.09. The van der Waals surface area contributed by atoms with Gasteiger partial charge in [0.1, 0.15) is 11.6 Å². The average molecular weight is 466 g/mol. The molecule has 0 bridgehead atoms. The fourth-order valence-electron chi connectivity index (χ4n) is 3.79. The first kappa shape index (κ1) is 22.4. The summed E-state index contributed by atoms with van der Waals surface area (Å²) in [6, 6.07) is 16.7. The number of primary sulfonamides is 1. The number of sulfonamides is 1. The lowest BCUT2D eigenvalue weighted by Gasteiger charge is -2.25. The highest BCUT2D eigenvalue weighted by Crippen LogP contribution is 2.42. The van der Waals surface area contributed by atoms with Gasteiger partial charge in [-0.25, -0.2) is 17.9 Å². The molecule has 3 N–H and O–H groups in total. The number of anilines is 1. The van der Waals surface area contributed by atoms with Crippen LogP contribution < -0.4 is 10.0 Å². The van der Waals surface area contributed by atoms with Crippen molar-refractivity contribution in [2.24, 2.45) is 5.14 Å². The Morgan fingerprint density at radius 3 is 2.21 bits per heavy atom. The van der Waals surface area contributed by atoms with Gasteiger partial charge in [0.05, 0.1) is 16.5 Å². The summed E-state index contributed by atoms with van der Waals surface area (Å²) in [6.45, 7) is 1.52. The largest absolute Gasteiger partial charge is 0.507 e. The molecule has 1 aliphatic rings. The van der Waals surface area contributed by atoms with Crippen LogP contribution in [0.4, 0.5) is 10.1 Å². The summed E-state index contributed by atoms with van der Waals surface area (Å²) in [7, 11) is -3.95. The molecular formula is C24H19FN2O5S. The molecule has 3 aromatic rings. The third-order valence-electron chi connectivity index (χ3n) is 5.43. The minimum Gasteiger partial charge on any atom is -0.507 e. The number of aryl methyl sites for hydroxylation is 1. The van der Waals surface area contributed by atoms with E-state index in [1.54, 1.807) is 30.3 Å². The fourth-order valence-corrected chi connectivity index (χ4v) is 4.31. The first-order valence-corrected chi connectivity index (χ1v) is 11.4. The standard InChI is InChI=1S/C24H19FN2O5S/c1-14-13-16(7-12-19(14)25)22(28)20-21(15-5-3-2-4-6-15)27(24(30)23(20)29)17-8-10-18(11-9-17)33(26,31)32/h2-13,21,28H,1H3,(H2,26,31,32)/b22-20+. The maximum atomic E-state index is 13.7. The zero-order valence-electron chi connectivity index (χ0n) is 17.4. The van der Waals surface area contributed by atoms with Crippen LogP contribution in [-0.2, 0) is 19.6 Å². The van der Waals surface area contributed by atoms with Gasteiger partial charge in [0, 0.05) is 11.3 Å². The maximum absolute atomic E-state index is 13.7. The summed E-state index contributed by atoms with van der Waals surface area (Å²) in [5.74, 6) is -2.72. The number of carbonyl (C=O) groups is 2. The quantitative estimate of drug-likeness (QED) is 0.347. The lowest BCUT2D eigenvalue weighted by Crippen LogP contribution is -2.29. The normalized spacial score (nSPS) is 18.0. The highest BCUT2D eigenvalue weighted by molar-refractivity contribution is 7.89. The zero-order chi connectivity index (χ0) is 23.9. The zero-order valence-corrected chi connectivity index (χ0v) is 18.2. The van der Waals surface area contributed by atoms with Gasteiger partial charge in [-0.05, 0) is 60.5 Å². The van der Waals surface area contributed by atoms with Gasteiger partial charge in [-0.2, -0.15) is 0 Å². The number of carbonyl (C=O) groups excluding carboxylic acids is 2. The Hall–Kier alpha value is -3.82. The second-order valence-corrected chi connectivity index (χ2v) is 9.14. The van der Waals surface area contributed by atoms with Crippen molar-refractivity contribution in [3.63, 3.8) is 0 Å². The van der Waals surface area contributed by atoms with Gasteiger partial charge < -0.3 is 5.11 Å². The van der Waals surface area contributed by atoms with Crippen LogP contribution in [0.15, 0.2) is 83.3 Å². The molecule has 7 nitrogen and oxygen atoms in total. The first-order chi connectivity index (χ1) is 15.6. The second kappa shape index (κ2) is 8.27. The predicted octanol–water partition coefficient (Wildman–Crippen LogP) is 3.41. The van der Waals surface area contributed by atoms with E-state index in [1.165, 1.54) is 54.3 Å². The Balaban J connectivity index is 1.92. The molecule has 3 aromatic carbocycles. The van der Waals surface area contributed by atoms with Gasteiger partial charge in [0.25, 0.3) is 11.7 Å². The Morgan fingerprint density at radius 1 is 1.00 bits per heavy atom. The van der Waals surface area contributed by atoms with E-state index in [-0.39, 0.29) is 27.3 Å². The number of Topliss-reactive ketones (excluding diaryl/α,β-unsaturated/α-hetero) is 1. The van der Waals surface area contributed by atoms with Crippen molar-refractivity contribution in [2.45, 2.75) is 17.9 Å². The van der Waals surface area contributed by atoms with Crippen LogP contribution in [-0.4, -0.2) is 25.2 Å². The lowest BCUT2D eigenvalue weighted by molar-refractivity contribution is -0.132. The first-order valence-electron chi connectivity index (χ1n) is 9.85. The summed E-state index contributed by atoms with van der Waals surface area (Å²) >= 11 is 0. The predicted molar refractivity (Wildman–Crippen MR) is 120 cm³/mol. The van der Waals surface area contributed by atoms with Crippen LogP contribution in [0, 0.1) is 12.7 Å². The van der Waals surface area contributed by atoms with Gasteiger partial charge in [0.2, 0.25) is 10.0 Å². The molecule has 1 unspecified atom stereocenters. The lowest BCUT2D eigenvalue weighted by atomic mass is 9.94. The molecular weight excluding hydrogens is 447 g/mol. The highest BCUT2D eigenvalue weighted by Gasteiger charge is 2.47. The van der Waals surface area contributed by atoms with Crippen molar-refractivity contribution < 1.29 is 27.5 Å². The van der Waals surface area contributed by atoms with Crippen molar-refractivity contribution in [3.8, 4) is 0 Å². The molecule has 0 spiro atoms. The van der Waals surface area contributed by atoms with Crippen LogP contribution in [0.1, 0.15) is 22.7 Å². The van der Waals surface area contributed by atoms with E-state index in [0.717, 1.165) is 0 Å². The smallest absolute Gasteiger partial charge is 0.300 e. The topological polar surface area (TPSA) is 118 Å². The van der Waals surface area contributed by atoms with Crippen LogP contribution in [0.3, 0.4) is 0 Å². The molecule has 1 atom stereocenters. The molecule has 9 heteroatoms. The molecule has 0 radical (unpaired) electrons. The monoisotopic (exact) mass is 466 g/mol. The second-order valence-electron chi connectivity index (χ2n) is 7.58. The van der Waals surface area contributed by atoms with Gasteiger partial charge in [-0.1, -0.05) is 30.3 Å². The third-order valence-corrected chi connectivity index (χ3v) is 6.36. The Kier molecular flexibility index (Phi) is 5.61. The van der Waals surface area contributed by atoms with Crippen LogP contribution in [0.25, 0.3) is 5.76 Å². The Labute approximate surface area is 189 Å². The van der Waals surface area contributed by atoms with Gasteiger partial charge in [0.15, 0.2) is 0 Å². The Bertz CT molecular complexity index is 1400. The summed E-state index contributed by atoms with van der Waals surface area (Å²) < 4.78 is 36.9. The van der Waals surface area contributed by atoms with E-state index in [2.05, 4.69) is 0 Å². The average Bonchev–Trinajstić information content (AvgIpc) is 3.06. The van der Waals surface area contributed by atoms with Crippen LogP contribution >= 0.6 is 0 Å². The van der Waals surface area contributed by atoms with Crippen molar-refractivity contribution >= 4 is 33.2 Å². The number of rotatable bonds is 4. The molecule has 168 valence electrons. The van der Waals surface area contributed by atoms with E-state index in [0.29, 0.717) is 5.56 Å². The number of hydrogen-bond acceptors (Lipinski definition) is 5. The summed E-state index contributed by atoms with van der Waals surface area (Å²) in [5, 5.41) is 16.2. The Morgan fingerprint density at radius 2 is 1.64 bits per heavy atom. The molecule has 0 aromatic heterocycles. The van der Waals surface area contributed by atoms with Gasteiger partial charge in [-0.3, -0.25) is 14.5 Å². The molecule has 1 heterocycles. The minimum atomic E-state index is -3.95. The van der Waals surface area contributed by atoms with E-state index in [4.69, 9.17) is 5.14 Å². The number of amides is 1. The molecule has 0 saturated carbocycles. The van der Waals surface area contributed by atoms with E-state index in [9.17, 15) is 27.5 Å². The summed E-state index contributed by atoms with van der Waals surface area (Å²) in [4.78, 5) is 27.2. The van der Waals surface area contributed by atoms with Crippen molar-refractivity contribution in [2.75, 3.05) is 4.90 Å². The molecule has 33 heavy (non-hydrogen) atoms. The van der Waals surface area contributed by atoms with Crippen molar-refractivity contribution in [3.05, 3.63) is 101 Å². The minimum absolute atomic E-state index is 0.152. The number of halogens is 1. The molecule has 1 amide bonds.